The minimum Gasteiger partial charge on any atom is -0.453 e. The maximum absolute atomic E-state index is 14.6. The molecule has 0 aliphatic rings. The molecule has 5 rings (SSSR count). The summed E-state index contributed by atoms with van der Waals surface area (Å²) in [5.41, 5.74) is 6.35. The topological polar surface area (TPSA) is 17.0 Å². The van der Waals surface area contributed by atoms with Crippen molar-refractivity contribution in [2.75, 3.05) is 0 Å². The highest BCUT2D eigenvalue weighted by Crippen LogP contribution is 2.40. The van der Waals surface area contributed by atoms with E-state index in [1.54, 1.807) is 0 Å². The summed E-state index contributed by atoms with van der Waals surface area (Å²) >= 11 is 0. The number of hydrogen-bond donors (Lipinski definition) is 0. The van der Waals surface area contributed by atoms with Crippen LogP contribution in [0.2, 0.25) is 0 Å². The second-order valence-electron chi connectivity index (χ2n) is 7.13. The Morgan fingerprint density at radius 2 is 1.64 bits per heavy atom. The van der Waals surface area contributed by atoms with Gasteiger partial charge in [0.2, 0.25) is 5.69 Å². The molecule has 2 aromatic heterocycles. The van der Waals surface area contributed by atoms with Gasteiger partial charge >= 0.3 is 0 Å². The lowest BCUT2D eigenvalue weighted by molar-refractivity contribution is -0.660. The smallest absolute Gasteiger partial charge is 0.212 e. The second kappa shape index (κ2) is 6.31. The van der Waals surface area contributed by atoms with Crippen molar-refractivity contribution in [2.45, 2.75) is 6.92 Å². The van der Waals surface area contributed by atoms with Crippen molar-refractivity contribution >= 4 is 21.9 Å². The molecule has 0 atom stereocenters. The van der Waals surface area contributed by atoms with Crippen LogP contribution in [0.5, 0.6) is 0 Å². The van der Waals surface area contributed by atoms with E-state index in [0.29, 0.717) is 11.2 Å². The predicted octanol–water partition coefficient (Wildman–Crippen LogP) is 6.19. The van der Waals surface area contributed by atoms with Gasteiger partial charge in [0.25, 0.3) is 0 Å². The molecule has 0 bridgehead atoms. The third kappa shape index (κ3) is 2.51. The van der Waals surface area contributed by atoms with E-state index >= 15 is 0 Å². The van der Waals surface area contributed by atoms with Gasteiger partial charge in [-0.05, 0) is 47.9 Å². The third-order valence-electron chi connectivity index (χ3n) is 5.33. The fraction of sp³-hybridized carbons (Fsp3) is 0.0800. The number of aryl methyl sites for hydroxylation is 2. The highest BCUT2D eigenvalue weighted by Gasteiger charge is 2.20. The number of hydrogen-bond acceptors (Lipinski definition) is 1. The maximum atomic E-state index is 14.6. The Morgan fingerprint density at radius 3 is 2.43 bits per heavy atom. The molecule has 2 heterocycles. The molecule has 0 fully saturated rings. The Hall–Kier alpha value is -3.46. The molecule has 0 N–H and O–H groups in total. The second-order valence-corrected chi connectivity index (χ2v) is 7.13. The lowest BCUT2D eigenvalue weighted by atomic mass is 9.96. The van der Waals surface area contributed by atoms with Crippen molar-refractivity contribution in [3.63, 3.8) is 0 Å². The van der Waals surface area contributed by atoms with Crippen LogP contribution >= 0.6 is 0 Å². The highest BCUT2D eigenvalue weighted by atomic mass is 19.1. The molecular weight excluding hydrogens is 349 g/mol. The molecule has 3 aromatic carbocycles. The number of rotatable bonds is 2. The summed E-state index contributed by atoms with van der Waals surface area (Å²) in [7, 11) is 2.03. The summed E-state index contributed by atoms with van der Waals surface area (Å²) in [6, 6.07) is 23.6. The van der Waals surface area contributed by atoms with Gasteiger partial charge in [0.1, 0.15) is 12.6 Å². The molecule has 0 spiro atoms. The van der Waals surface area contributed by atoms with Gasteiger partial charge in [-0.25, -0.2) is 8.96 Å². The average Bonchev–Trinajstić information content (AvgIpc) is 3.08. The van der Waals surface area contributed by atoms with Gasteiger partial charge < -0.3 is 4.42 Å². The first-order chi connectivity index (χ1) is 13.6. The summed E-state index contributed by atoms with van der Waals surface area (Å²) < 4.78 is 22.7. The van der Waals surface area contributed by atoms with Crippen molar-refractivity contribution in [1.82, 2.24) is 0 Å². The van der Waals surface area contributed by atoms with Crippen LogP contribution in [0.25, 0.3) is 44.3 Å². The normalized spacial score (nSPS) is 11.4. The zero-order chi connectivity index (χ0) is 19.3. The van der Waals surface area contributed by atoms with E-state index in [9.17, 15) is 4.39 Å². The van der Waals surface area contributed by atoms with E-state index in [-0.39, 0.29) is 5.82 Å². The highest BCUT2D eigenvalue weighted by molar-refractivity contribution is 6.13. The standard InChI is InChI=1S/C25H19FNO/c1-16-14-23-20(15-19(16)22-10-6-7-13-27(22)2)24-18(17-8-4-3-5-9-17)11-12-21(26)25(24)28-23/h3-15H,1-2H3/q+1. The Kier molecular flexibility index (Phi) is 3.76. The number of halogens is 1. The Labute approximate surface area is 162 Å². The summed E-state index contributed by atoms with van der Waals surface area (Å²) in [6.07, 6.45) is 2.03. The van der Waals surface area contributed by atoms with Crippen LogP contribution in [0, 0.1) is 12.7 Å². The predicted molar refractivity (Wildman–Crippen MR) is 110 cm³/mol. The summed E-state index contributed by atoms with van der Waals surface area (Å²) in [5.74, 6) is -0.338. The first kappa shape index (κ1) is 16.7. The lowest BCUT2D eigenvalue weighted by Gasteiger charge is -2.06. The van der Waals surface area contributed by atoms with Crippen LogP contribution in [-0.2, 0) is 7.05 Å². The third-order valence-corrected chi connectivity index (χ3v) is 5.33. The van der Waals surface area contributed by atoms with Gasteiger partial charge in [-0.1, -0.05) is 36.4 Å². The van der Waals surface area contributed by atoms with Crippen molar-refractivity contribution < 1.29 is 13.4 Å². The van der Waals surface area contributed by atoms with Crippen molar-refractivity contribution in [1.29, 1.82) is 0 Å². The Bertz CT molecular complexity index is 1340. The van der Waals surface area contributed by atoms with Gasteiger partial charge in [0, 0.05) is 28.5 Å². The molecule has 0 saturated heterocycles. The van der Waals surface area contributed by atoms with Crippen LogP contribution in [0.3, 0.4) is 0 Å². The van der Waals surface area contributed by atoms with Crippen LogP contribution in [0.1, 0.15) is 5.56 Å². The van der Waals surface area contributed by atoms with Gasteiger partial charge in [-0.15, -0.1) is 0 Å². The zero-order valence-electron chi connectivity index (χ0n) is 15.7. The largest absolute Gasteiger partial charge is 0.453 e. The van der Waals surface area contributed by atoms with E-state index in [0.717, 1.165) is 38.7 Å². The van der Waals surface area contributed by atoms with Crippen LogP contribution in [-0.4, -0.2) is 0 Å². The zero-order valence-corrected chi connectivity index (χ0v) is 15.7. The Balaban J connectivity index is 1.89. The fourth-order valence-corrected chi connectivity index (χ4v) is 3.93. The summed E-state index contributed by atoms with van der Waals surface area (Å²) in [6.45, 7) is 2.06. The molecule has 3 heteroatoms. The van der Waals surface area contributed by atoms with Gasteiger partial charge in [0.15, 0.2) is 17.6 Å². The average molecular weight is 368 g/mol. The van der Waals surface area contributed by atoms with E-state index in [1.165, 1.54) is 6.07 Å². The number of aromatic nitrogens is 1. The molecule has 0 aliphatic carbocycles. The Morgan fingerprint density at radius 1 is 0.857 bits per heavy atom. The molecule has 0 saturated carbocycles. The first-order valence-electron chi connectivity index (χ1n) is 9.29. The monoisotopic (exact) mass is 368 g/mol. The molecule has 28 heavy (non-hydrogen) atoms. The van der Waals surface area contributed by atoms with Gasteiger partial charge in [-0.3, -0.25) is 0 Å². The fourth-order valence-electron chi connectivity index (χ4n) is 3.93. The number of fused-ring (bicyclic) bond motifs is 3. The molecule has 5 aromatic rings. The van der Waals surface area contributed by atoms with E-state index in [4.69, 9.17) is 4.42 Å². The molecular formula is C25H19FNO+. The van der Waals surface area contributed by atoms with Crippen LogP contribution in [0.15, 0.2) is 83.4 Å². The summed E-state index contributed by atoms with van der Waals surface area (Å²) in [5, 5.41) is 1.75. The van der Waals surface area contributed by atoms with E-state index < -0.39 is 0 Å². The lowest BCUT2D eigenvalue weighted by Crippen LogP contribution is -2.30. The number of furan rings is 1. The minimum atomic E-state index is -0.338. The van der Waals surface area contributed by atoms with Crippen molar-refractivity contribution in [2.24, 2.45) is 7.05 Å². The quantitative estimate of drug-likeness (QED) is 0.339. The SMILES string of the molecule is Cc1cc2oc3c(F)ccc(-c4ccccc4)c3c2cc1-c1cccc[n+]1C. The van der Waals surface area contributed by atoms with Gasteiger partial charge in [-0.2, -0.15) is 0 Å². The van der Waals surface area contributed by atoms with Crippen LogP contribution < -0.4 is 4.57 Å². The number of nitrogens with zero attached hydrogens (tertiary/aromatic N) is 1. The molecule has 0 radical (unpaired) electrons. The van der Waals surface area contributed by atoms with Crippen LogP contribution in [0.4, 0.5) is 4.39 Å². The number of pyridine rings is 1. The molecule has 136 valence electrons. The molecule has 0 amide bonds. The molecule has 2 nitrogen and oxygen atoms in total. The minimum absolute atomic E-state index is 0.310. The summed E-state index contributed by atoms with van der Waals surface area (Å²) in [4.78, 5) is 0. The van der Waals surface area contributed by atoms with Crippen molar-refractivity contribution in [3.8, 4) is 22.4 Å². The first-order valence-corrected chi connectivity index (χ1v) is 9.29. The number of benzene rings is 3. The van der Waals surface area contributed by atoms with Crippen molar-refractivity contribution in [3.05, 3.63) is 90.4 Å². The van der Waals surface area contributed by atoms with Gasteiger partial charge in [0.05, 0.1) is 0 Å². The molecule has 0 unspecified atom stereocenters. The maximum Gasteiger partial charge on any atom is 0.212 e. The molecule has 0 aliphatic heterocycles. The van der Waals surface area contributed by atoms with E-state index in [2.05, 4.69) is 23.6 Å². The van der Waals surface area contributed by atoms with E-state index in [1.807, 2.05) is 67.8 Å².